The van der Waals surface area contributed by atoms with Crippen LogP contribution in [0.25, 0.3) is 11.2 Å². The standard InChI is InChI=1S/C9H12N4S2/c1-3-14-8-6-7(11-5-10-6)12-9(13-8)15-4-2/h5H,3-4H2,1-2H3,(H,10,11,12,13). The zero-order valence-electron chi connectivity index (χ0n) is 8.65. The van der Waals surface area contributed by atoms with Gasteiger partial charge in [-0.2, -0.15) is 0 Å². The molecule has 2 aromatic heterocycles. The van der Waals surface area contributed by atoms with Crippen LogP contribution in [-0.4, -0.2) is 31.4 Å². The van der Waals surface area contributed by atoms with Crippen molar-refractivity contribution < 1.29 is 0 Å². The Labute approximate surface area is 96.7 Å². The Bertz CT molecular complexity index is 454. The summed E-state index contributed by atoms with van der Waals surface area (Å²) in [4.78, 5) is 16.1. The molecule has 0 aliphatic carbocycles. The molecule has 0 saturated carbocycles. The summed E-state index contributed by atoms with van der Waals surface area (Å²) in [7, 11) is 0. The van der Waals surface area contributed by atoms with E-state index < -0.39 is 0 Å². The number of thioether (sulfide) groups is 2. The van der Waals surface area contributed by atoms with Crippen LogP contribution < -0.4 is 0 Å². The molecule has 4 nitrogen and oxygen atoms in total. The van der Waals surface area contributed by atoms with Crippen LogP contribution in [-0.2, 0) is 0 Å². The van der Waals surface area contributed by atoms with Crippen LogP contribution in [0, 0.1) is 0 Å². The monoisotopic (exact) mass is 240 g/mol. The maximum absolute atomic E-state index is 4.50. The van der Waals surface area contributed by atoms with Crippen molar-refractivity contribution in [1.29, 1.82) is 0 Å². The molecule has 2 aromatic rings. The lowest BCUT2D eigenvalue weighted by Crippen LogP contribution is -1.92. The fraction of sp³-hybridized carbons (Fsp3) is 0.444. The Kier molecular flexibility index (Phi) is 3.48. The van der Waals surface area contributed by atoms with E-state index in [1.54, 1.807) is 29.9 Å². The van der Waals surface area contributed by atoms with E-state index in [1.165, 1.54) is 0 Å². The summed E-state index contributed by atoms with van der Waals surface area (Å²) in [6.45, 7) is 4.21. The molecule has 0 unspecified atom stereocenters. The van der Waals surface area contributed by atoms with Crippen molar-refractivity contribution in [1.82, 2.24) is 19.9 Å². The maximum Gasteiger partial charge on any atom is 0.190 e. The first-order valence-electron chi connectivity index (χ1n) is 4.81. The van der Waals surface area contributed by atoms with E-state index in [-0.39, 0.29) is 0 Å². The van der Waals surface area contributed by atoms with Crippen molar-refractivity contribution >= 4 is 34.7 Å². The molecular weight excluding hydrogens is 228 g/mol. The molecule has 0 spiro atoms. The van der Waals surface area contributed by atoms with E-state index >= 15 is 0 Å². The Hall–Kier alpha value is -0.750. The fourth-order valence-electron chi connectivity index (χ4n) is 1.22. The molecule has 6 heteroatoms. The normalized spacial score (nSPS) is 11.1. The second kappa shape index (κ2) is 4.85. The largest absolute Gasteiger partial charge is 0.341 e. The van der Waals surface area contributed by atoms with Gasteiger partial charge in [0, 0.05) is 0 Å². The molecule has 0 aliphatic rings. The Morgan fingerprint density at radius 3 is 2.73 bits per heavy atom. The summed E-state index contributed by atoms with van der Waals surface area (Å²) in [6.07, 6.45) is 1.67. The molecule has 2 rings (SSSR count). The highest BCUT2D eigenvalue weighted by Gasteiger charge is 2.09. The first-order chi connectivity index (χ1) is 7.35. The fourth-order valence-corrected chi connectivity index (χ4v) is 2.56. The van der Waals surface area contributed by atoms with Gasteiger partial charge in [-0.05, 0) is 11.5 Å². The van der Waals surface area contributed by atoms with Gasteiger partial charge in [0.25, 0.3) is 0 Å². The average molecular weight is 240 g/mol. The lowest BCUT2D eigenvalue weighted by Gasteiger charge is -2.02. The van der Waals surface area contributed by atoms with Gasteiger partial charge in [0.05, 0.1) is 6.33 Å². The number of nitrogens with one attached hydrogen (secondary N) is 1. The van der Waals surface area contributed by atoms with Crippen LogP contribution in [0.2, 0.25) is 0 Å². The molecule has 0 atom stereocenters. The van der Waals surface area contributed by atoms with E-state index in [9.17, 15) is 0 Å². The minimum atomic E-state index is 0.761. The number of hydrogen-bond acceptors (Lipinski definition) is 5. The van der Waals surface area contributed by atoms with Crippen molar-refractivity contribution in [2.24, 2.45) is 0 Å². The van der Waals surface area contributed by atoms with E-state index in [4.69, 9.17) is 0 Å². The molecular formula is C9H12N4S2. The number of fused-ring (bicyclic) bond motifs is 1. The molecule has 0 fully saturated rings. The Balaban J connectivity index is 2.48. The molecule has 1 N–H and O–H groups in total. The molecule has 0 saturated heterocycles. The molecule has 80 valence electrons. The third-order valence-electron chi connectivity index (χ3n) is 1.79. The molecule has 15 heavy (non-hydrogen) atoms. The third kappa shape index (κ3) is 2.26. The number of nitrogens with zero attached hydrogens (tertiary/aromatic N) is 3. The lowest BCUT2D eigenvalue weighted by atomic mass is 10.6. The van der Waals surface area contributed by atoms with Crippen LogP contribution in [0.1, 0.15) is 13.8 Å². The topological polar surface area (TPSA) is 54.5 Å². The zero-order valence-corrected chi connectivity index (χ0v) is 10.3. The summed E-state index contributed by atoms with van der Waals surface area (Å²) in [6, 6.07) is 0. The van der Waals surface area contributed by atoms with Gasteiger partial charge in [0.2, 0.25) is 0 Å². The average Bonchev–Trinajstić information content (AvgIpc) is 2.67. The Morgan fingerprint density at radius 1 is 1.20 bits per heavy atom. The maximum atomic E-state index is 4.50. The van der Waals surface area contributed by atoms with Crippen LogP contribution in [0.4, 0.5) is 0 Å². The molecule has 0 amide bonds. The Morgan fingerprint density at radius 2 is 2.00 bits per heavy atom. The SMILES string of the molecule is CCSc1nc(SCC)c2[nH]cnc2n1. The van der Waals surface area contributed by atoms with Crippen molar-refractivity contribution in [3.63, 3.8) is 0 Å². The van der Waals surface area contributed by atoms with Crippen molar-refractivity contribution in [2.75, 3.05) is 11.5 Å². The predicted molar refractivity (Wildman–Crippen MR) is 64.5 cm³/mol. The first-order valence-corrected chi connectivity index (χ1v) is 6.79. The van der Waals surface area contributed by atoms with Gasteiger partial charge in [0.1, 0.15) is 10.5 Å². The number of aromatic amines is 1. The number of H-pyrrole nitrogens is 1. The summed E-state index contributed by atoms with van der Waals surface area (Å²) >= 11 is 3.36. The smallest absolute Gasteiger partial charge is 0.190 e. The summed E-state index contributed by atoms with van der Waals surface area (Å²) < 4.78 is 0. The van der Waals surface area contributed by atoms with Gasteiger partial charge >= 0.3 is 0 Å². The van der Waals surface area contributed by atoms with Gasteiger partial charge in [-0.1, -0.05) is 25.6 Å². The zero-order chi connectivity index (χ0) is 10.7. The molecule has 0 radical (unpaired) electrons. The van der Waals surface area contributed by atoms with Gasteiger partial charge in [0.15, 0.2) is 10.8 Å². The van der Waals surface area contributed by atoms with Crippen molar-refractivity contribution in [3.8, 4) is 0 Å². The van der Waals surface area contributed by atoms with Crippen LogP contribution in [0.5, 0.6) is 0 Å². The van der Waals surface area contributed by atoms with Gasteiger partial charge < -0.3 is 4.98 Å². The highest BCUT2D eigenvalue weighted by molar-refractivity contribution is 7.99. The summed E-state index contributed by atoms with van der Waals surface area (Å²) in [5.74, 6) is 1.98. The van der Waals surface area contributed by atoms with Crippen molar-refractivity contribution in [3.05, 3.63) is 6.33 Å². The van der Waals surface area contributed by atoms with Gasteiger partial charge in [-0.15, -0.1) is 11.8 Å². The lowest BCUT2D eigenvalue weighted by molar-refractivity contribution is 0.923. The van der Waals surface area contributed by atoms with Crippen molar-refractivity contribution in [2.45, 2.75) is 24.0 Å². The predicted octanol–water partition coefficient (Wildman–Crippen LogP) is 2.58. The number of imidazole rings is 1. The second-order valence-corrected chi connectivity index (χ2v) is 5.26. The summed E-state index contributed by atoms with van der Waals surface area (Å²) in [5.41, 5.74) is 1.71. The highest BCUT2D eigenvalue weighted by Crippen LogP contribution is 2.25. The van der Waals surface area contributed by atoms with Crippen LogP contribution >= 0.6 is 23.5 Å². The first kappa shape index (κ1) is 10.8. The quantitative estimate of drug-likeness (QED) is 0.505. The highest BCUT2D eigenvalue weighted by atomic mass is 32.2. The second-order valence-electron chi connectivity index (χ2n) is 2.78. The number of hydrogen-bond donors (Lipinski definition) is 1. The van der Waals surface area contributed by atoms with E-state index in [0.29, 0.717) is 0 Å². The molecule has 0 bridgehead atoms. The molecule has 0 aliphatic heterocycles. The van der Waals surface area contributed by atoms with E-state index in [0.717, 1.165) is 32.9 Å². The third-order valence-corrected chi connectivity index (χ3v) is 3.37. The minimum Gasteiger partial charge on any atom is -0.341 e. The van der Waals surface area contributed by atoms with E-state index in [1.807, 2.05) is 0 Å². The van der Waals surface area contributed by atoms with Crippen LogP contribution in [0.3, 0.4) is 0 Å². The van der Waals surface area contributed by atoms with E-state index in [2.05, 4.69) is 33.8 Å². The molecule has 0 aromatic carbocycles. The van der Waals surface area contributed by atoms with Gasteiger partial charge in [-0.25, -0.2) is 15.0 Å². The number of rotatable bonds is 4. The minimum absolute atomic E-state index is 0.761. The summed E-state index contributed by atoms with van der Waals surface area (Å²) in [5, 5.41) is 1.81. The van der Waals surface area contributed by atoms with Gasteiger partial charge in [-0.3, -0.25) is 0 Å². The molecule has 2 heterocycles. The number of aromatic nitrogens is 4. The van der Waals surface area contributed by atoms with Crippen LogP contribution in [0.15, 0.2) is 16.5 Å².